The third-order valence-corrected chi connectivity index (χ3v) is 6.11. The first-order chi connectivity index (χ1) is 8.11. The fourth-order valence-electron chi connectivity index (χ4n) is 2.28. The second kappa shape index (κ2) is 5.74. The van der Waals surface area contributed by atoms with Crippen molar-refractivity contribution in [1.29, 1.82) is 0 Å². The lowest BCUT2D eigenvalue weighted by Gasteiger charge is -2.37. The quantitative estimate of drug-likeness (QED) is 0.916. The number of hydrogen-bond acceptors (Lipinski definition) is 4. The Bertz CT molecular complexity index is 375. The van der Waals surface area contributed by atoms with Crippen molar-refractivity contribution in [3.05, 3.63) is 21.4 Å². The Labute approximate surface area is 113 Å². The van der Waals surface area contributed by atoms with Gasteiger partial charge in [0.2, 0.25) is 0 Å². The van der Waals surface area contributed by atoms with E-state index in [9.17, 15) is 0 Å². The molecule has 1 aliphatic rings. The van der Waals surface area contributed by atoms with E-state index in [1.807, 2.05) is 11.3 Å². The van der Waals surface area contributed by atoms with Gasteiger partial charge in [0.25, 0.3) is 0 Å². The number of hydrogen-bond donors (Lipinski definition) is 1. The standard InChI is InChI=1S/C13H22N2S2/c1-9-10(2)16-5-4-15(9)8-12-6-13(7-14)17-11(12)3/h6,9-10H,4-5,7-8,14H2,1-3H3. The van der Waals surface area contributed by atoms with Gasteiger partial charge in [0, 0.05) is 46.4 Å². The van der Waals surface area contributed by atoms with Crippen molar-refractivity contribution >= 4 is 23.1 Å². The molecule has 17 heavy (non-hydrogen) atoms. The van der Waals surface area contributed by atoms with Gasteiger partial charge in [0.05, 0.1) is 0 Å². The van der Waals surface area contributed by atoms with Crippen LogP contribution in [0.15, 0.2) is 6.07 Å². The highest BCUT2D eigenvalue weighted by molar-refractivity contribution is 8.00. The summed E-state index contributed by atoms with van der Waals surface area (Å²) < 4.78 is 0. The zero-order chi connectivity index (χ0) is 12.4. The van der Waals surface area contributed by atoms with Gasteiger partial charge in [-0.15, -0.1) is 11.3 Å². The molecule has 2 atom stereocenters. The summed E-state index contributed by atoms with van der Waals surface area (Å²) in [6.07, 6.45) is 0. The van der Waals surface area contributed by atoms with Crippen molar-refractivity contribution in [3.8, 4) is 0 Å². The minimum Gasteiger partial charge on any atom is -0.326 e. The van der Waals surface area contributed by atoms with Crippen molar-refractivity contribution in [2.24, 2.45) is 5.73 Å². The summed E-state index contributed by atoms with van der Waals surface area (Å²) in [6.45, 7) is 9.88. The molecule has 0 saturated carbocycles. The maximum atomic E-state index is 5.71. The number of thioether (sulfide) groups is 1. The van der Waals surface area contributed by atoms with Crippen LogP contribution >= 0.6 is 23.1 Å². The van der Waals surface area contributed by atoms with Crippen LogP contribution < -0.4 is 5.73 Å². The van der Waals surface area contributed by atoms with Crippen LogP contribution in [0.2, 0.25) is 0 Å². The minimum atomic E-state index is 0.674. The van der Waals surface area contributed by atoms with E-state index in [1.54, 1.807) is 0 Å². The van der Waals surface area contributed by atoms with Gasteiger partial charge in [-0.1, -0.05) is 6.92 Å². The van der Waals surface area contributed by atoms with Crippen LogP contribution in [0, 0.1) is 6.92 Å². The van der Waals surface area contributed by atoms with Crippen LogP contribution in [0.25, 0.3) is 0 Å². The van der Waals surface area contributed by atoms with Crippen LogP contribution in [0.5, 0.6) is 0 Å². The lowest BCUT2D eigenvalue weighted by molar-refractivity contribution is 0.204. The molecule has 2 unspecified atom stereocenters. The van der Waals surface area contributed by atoms with Crippen molar-refractivity contribution in [2.75, 3.05) is 12.3 Å². The van der Waals surface area contributed by atoms with Crippen LogP contribution in [0.1, 0.15) is 29.2 Å². The maximum Gasteiger partial charge on any atom is 0.0274 e. The van der Waals surface area contributed by atoms with Crippen molar-refractivity contribution in [3.63, 3.8) is 0 Å². The molecule has 2 rings (SSSR count). The molecule has 0 bridgehead atoms. The first-order valence-corrected chi connectivity index (χ1v) is 8.12. The van der Waals surface area contributed by atoms with E-state index in [0.29, 0.717) is 12.6 Å². The summed E-state index contributed by atoms with van der Waals surface area (Å²) in [5, 5.41) is 0.747. The monoisotopic (exact) mass is 270 g/mol. The molecule has 2 nitrogen and oxygen atoms in total. The highest BCUT2D eigenvalue weighted by Crippen LogP contribution is 2.28. The molecule has 0 amide bonds. The van der Waals surface area contributed by atoms with Crippen LogP contribution in [0.4, 0.5) is 0 Å². The molecular weight excluding hydrogens is 248 g/mol. The second-order valence-electron chi connectivity index (χ2n) is 4.79. The summed E-state index contributed by atoms with van der Waals surface area (Å²) in [6, 6.07) is 2.97. The molecule has 1 aromatic rings. The SMILES string of the molecule is Cc1sc(CN)cc1CN1CCSC(C)C1C. The highest BCUT2D eigenvalue weighted by Gasteiger charge is 2.25. The predicted molar refractivity (Wildman–Crippen MR) is 78.7 cm³/mol. The predicted octanol–water partition coefficient (Wildman–Crippen LogP) is 2.84. The summed E-state index contributed by atoms with van der Waals surface area (Å²) >= 11 is 3.94. The minimum absolute atomic E-state index is 0.674. The Morgan fingerprint density at radius 3 is 2.88 bits per heavy atom. The van der Waals surface area contributed by atoms with E-state index in [-0.39, 0.29) is 0 Å². The Morgan fingerprint density at radius 1 is 1.47 bits per heavy atom. The number of thiophene rings is 1. The lowest BCUT2D eigenvalue weighted by atomic mass is 10.1. The zero-order valence-corrected chi connectivity index (χ0v) is 12.5. The van der Waals surface area contributed by atoms with E-state index in [4.69, 9.17) is 5.73 Å². The number of rotatable bonds is 3. The molecule has 1 fully saturated rings. The van der Waals surface area contributed by atoms with E-state index < -0.39 is 0 Å². The van der Waals surface area contributed by atoms with Crippen molar-refractivity contribution in [1.82, 2.24) is 4.90 Å². The summed E-state index contributed by atoms with van der Waals surface area (Å²) in [4.78, 5) is 5.35. The summed E-state index contributed by atoms with van der Waals surface area (Å²) in [5.74, 6) is 1.26. The topological polar surface area (TPSA) is 29.3 Å². The Hall–Kier alpha value is -0.0300. The molecule has 0 spiro atoms. The van der Waals surface area contributed by atoms with Gasteiger partial charge in [-0.3, -0.25) is 4.90 Å². The molecule has 0 aliphatic carbocycles. The summed E-state index contributed by atoms with van der Waals surface area (Å²) in [7, 11) is 0. The van der Waals surface area contributed by atoms with Crippen molar-refractivity contribution < 1.29 is 0 Å². The lowest BCUT2D eigenvalue weighted by Crippen LogP contribution is -2.43. The fraction of sp³-hybridized carbons (Fsp3) is 0.692. The number of nitrogens with zero attached hydrogens (tertiary/aromatic N) is 1. The smallest absolute Gasteiger partial charge is 0.0274 e. The van der Waals surface area contributed by atoms with E-state index in [0.717, 1.165) is 11.8 Å². The average Bonchev–Trinajstić information content (AvgIpc) is 2.66. The molecule has 2 heterocycles. The maximum absolute atomic E-state index is 5.71. The van der Waals surface area contributed by atoms with Crippen LogP contribution in [-0.2, 0) is 13.1 Å². The normalized spacial score (nSPS) is 26.4. The Kier molecular flexibility index (Phi) is 4.53. The largest absolute Gasteiger partial charge is 0.326 e. The molecule has 4 heteroatoms. The first-order valence-electron chi connectivity index (χ1n) is 6.25. The average molecular weight is 270 g/mol. The highest BCUT2D eigenvalue weighted by atomic mass is 32.2. The second-order valence-corrected chi connectivity index (χ2v) is 7.61. The zero-order valence-electron chi connectivity index (χ0n) is 10.9. The van der Waals surface area contributed by atoms with Gasteiger partial charge in [0.15, 0.2) is 0 Å². The van der Waals surface area contributed by atoms with E-state index >= 15 is 0 Å². The van der Waals surface area contributed by atoms with Gasteiger partial charge in [0.1, 0.15) is 0 Å². The molecule has 1 aliphatic heterocycles. The van der Waals surface area contributed by atoms with Gasteiger partial charge in [-0.25, -0.2) is 0 Å². The molecule has 0 aromatic carbocycles. The number of aryl methyl sites for hydroxylation is 1. The molecule has 96 valence electrons. The Balaban J connectivity index is 2.06. The van der Waals surface area contributed by atoms with Crippen LogP contribution in [-0.4, -0.2) is 28.5 Å². The van der Waals surface area contributed by atoms with E-state index in [1.165, 1.54) is 27.6 Å². The summed E-state index contributed by atoms with van der Waals surface area (Å²) in [5.41, 5.74) is 7.18. The molecule has 0 radical (unpaired) electrons. The van der Waals surface area contributed by atoms with Gasteiger partial charge in [-0.2, -0.15) is 11.8 Å². The Morgan fingerprint density at radius 2 is 2.24 bits per heavy atom. The third-order valence-electron chi connectivity index (χ3n) is 3.66. The van der Waals surface area contributed by atoms with Gasteiger partial charge >= 0.3 is 0 Å². The molecule has 1 saturated heterocycles. The fourth-order valence-corrected chi connectivity index (χ4v) is 4.38. The molecule has 1 aromatic heterocycles. The number of nitrogens with two attached hydrogens (primary N) is 1. The van der Waals surface area contributed by atoms with E-state index in [2.05, 4.69) is 43.5 Å². The molecule has 2 N–H and O–H groups in total. The van der Waals surface area contributed by atoms with Gasteiger partial charge < -0.3 is 5.73 Å². The molecular formula is C13H22N2S2. The van der Waals surface area contributed by atoms with Gasteiger partial charge in [-0.05, 0) is 25.5 Å². The first kappa shape index (κ1) is 13.4. The van der Waals surface area contributed by atoms with Crippen LogP contribution in [0.3, 0.4) is 0 Å². The third kappa shape index (κ3) is 3.05. The van der Waals surface area contributed by atoms with Crippen molar-refractivity contribution in [2.45, 2.75) is 45.2 Å².